The van der Waals surface area contributed by atoms with Gasteiger partial charge in [0.2, 0.25) is 0 Å². The average Bonchev–Trinajstić information content (AvgIpc) is 2.51. The first-order valence-corrected chi connectivity index (χ1v) is 8.59. The Hall–Kier alpha value is -0.930. The first kappa shape index (κ1) is 15.0. The van der Waals surface area contributed by atoms with E-state index in [1.807, 2.05) is 6.20 Å². The maximum atomic E-state index is 6.10. The van der Waals surface area contributed by atoms with E-state index in [0.717, 1.165) is 26.0 Å². The van der Waals surface area contributed by atoms with Gasteiger partial charge in [-0.1, -0.05) is 19.9 Å². The zero-order chi connectivity index (χ0) is 14.7. The van der Waals surface area contributed by atoms with Crippen LogP contribution in [0.25, 0.3) is 0 Å². The van der Waals surface area contributed by atoms with E-state index < -0.39 is 0 Å². The number of nitrogens with one attached hydrogen (secondary N) is 1. The molecular formula is C18H28N2O. The van der Waals surface area contributed by atoms with Crippen molar-refractivity contribution in [1.82, 2.24) is 10.3 Å². The topological polar surface area (TPSA) is 34.2 Å². The lowest BCUT2D eigenvalue weighted by Crippen LogP contribution is -2.48. The van der Waals surface area contributed by atoms with Crippen molar-refractivity contribution in [2.45, 2.75) is 64.0 Å². The van der Waals surface area contributed by atoms with Gasteiger partial charge in [0.25, 0.3) is 0 Å². The van der Waals surface area contributed by atoms with Gasteiger partial charge >= 0.3 is 0 Å². The summed E-state index contributed by atoms with van der Waals surface area (Å²) in [6.45, 7) is 6.33. The minimum absolute atomic E-state index is 0.206. The molecule has 1 saturated carbocycles. The largest absolute Gasteiger partial charge is 0.375 e. The minimum Gasteiger partial charge on any atom is -0.375 e. The SMILES string of the molecule is CCNC(c1ncccc1CC)C1CCOC2(CCC2)C1. The van der Waals surface area contributed by atoms with Crippen LogP contribution in [-0.2, 0) is 11.2 Å². The van der Waals surface area contributed by atoms with Gasteiger partial charge in [0, 0.05) is 12.8 Å². The molecule has 0 bridgehead atoms. The van der Waals surface area contributed by atoms with Gasteiger partial charge in [0.05, 0.1) is 17.3 Å². The Morgan fingerprint density at radius 2 is 2.29 bits per heavy atom. The summed E-state index contributed by atoms with van der Waals surface area (Å²) < 4.78 is 6.10. The van der Waals surface area contributed by atoms with Crippen LogP contribution in [0.1, 0.15) is 63.3 Å². The number of aromatic nitrogens is 1. The van der Waals surface area contributed by atoms with Crippen molar-refractivity contribution in [2.75, 3.05) is 13.2 Å². The highest BCUT2D eigenvalue weighted by Gasteiger charge is 2.44. The Bertz CT molecular complexity index is 470. The van der Waals surface area contributed by atoms with Crippen molar-refractivity contribution in [1.29, 1.82) is 0 Å². The molecule has 1 spiro atoms. The first-order valence-electron chi connectivity index (χ1n) is 8.59. The lowest BCUT2D eigenvalue weighted by atomic mass is 9.70. The van der Waals surface area contributed by atoms with Gasteiger partial charge < -0.3 is 10.1 Å². The molecule has 2 heterocycles. The van der Waals surface area contributed by atoms with Crippen LogP contribution in [-0.4, -0.2) is 23.7 Å². The van der Waals surface area contributed by atoms with Gasteiger partial charge in [0.1, 0.15) is 0 Å². The molecule has 1 aromatic rings. The van der Waals surface area contributed by atoms with Gasteiger partial charge in [-0.3, -0.25) is 4.98 Å². The molecule has 1 aromatic heterocycles. The summed E-state index contributed by atoms with van der Waals surface area (Å²) in [4.78, 5) is 4.73. The van der Waals surface area contributed by atoms with E-state index in [1.54, 1.807) is 0 Å². The van der Waals surface area contributed by atoms with Crippen LogP contribution >= 0.6 is 0 Å². The van der Waals surface area contributed by atoms with E-state index in [2.05, 4.69) is 31.3 Å². The molecule has 2 unspecified atom stereocenters. The Labute approximate surface area is 128 Å². The van der Waals surface area contributed by atoms with Crippen molar-refractivity contribution >= 4 is 0 Å². The number of rotatable bonds is 5. The van der Waals surface area contributed by atoms with Crippen LogP contribution in [0.5, 0.6) is 0 Å². The van der Waals surface area contributed by atoms with Crippen molar-refractivity contribution in [3.05, 3.63) is 29.6 Å². The molecule has 3 nitrogen and oxygen atoms in total. The van der Waals surface area contributed by atoms with E-state index in [-0.39, 0.29) is 5.60 Å². The first-order chi connectivity index (χ1) is 10.3. The molecule has 0 aromatic carbocycles. The second-order valence-corrected chi connectivity index (χ2v) is 6.57. The third-order valence-electron chi connectivity index (χ3n) is 5.29. The molecule has 1 N–H and O–H groups in total. The lowest BCUT2D eigenvalue weighted by Gasteiger charge is -2.49. The zero-order valence-electron chi connectivity index (χ0n) is 13.4. The second kappa shape index (κ2) is 6.45. The molecule has 116 valence electrons. The van der Waals surface area contributed by atoms with Crippen LogP contribution in [0.15, 0.2) is 18.3 Å². The Balaban J connectivity index is 1.83. The number of nitrogens with zero attached hydrogens (tertiary/aromatic N) is 1. The molecule has 1 saturated heterocycles. The highest BCUT2D eigenvalue weighted by atomic mass is 16.5. The van der Waals surface area contributed by atoms with Crippen LogP contribution in [0, 0.1) is 5.92 Å². The maximum absolute atomic E-state index is 6.10. The van der Waals surface area contributed by atoms with Crippen molar-refractivity contribution < 1.29 is 4.74 Å². The Morgan fingerprint density at radius 1 is 1.43 bits per heavy atom. The third-order valence-corrected chi connectivity index (χ3v) is 5.29. The molecule has 0 radical (unpaired) electrons. The van der Waals surface area contributed by atoms with E-state index in [1.165, 1.54) is 36.9 Å². The molecule has 2 aliphatic rings. The van der Waals surface area contributed by atoms with Gasteiger partial charge in [-0.15, -0.1) is 0 Å². The second-order valence-electron chi connectivity index (χ2n) is 6.57. The van der Waals surface area contributed by atoms with Crippen LogP contribution < -0.4 is 5.32 Å². The molecule has 3 rings (SSSR count). The predicted molar refractivity (Wildman–Crippen MR) is 85.3 cm³/mol. The minimum atomic E-state index is 0.206. The third kappa shape index (κ3) is 3.00. The standard InChI is InChI=1S/C18H28N2O/c1-3-14-7-5-11-20-16(14)17(19-4-2)15-8-12-21-18(13-15)9-6-10-18/h5,7,11,15,17,19H,3-4,6,8-10,12-13H2,1-2H3. The monoisotopic (exact) mass is 288 g/mol. The summed E-state index contributed by atoms with van der Waals surface area (Å²) in [5.74, 6) is 0.652. The number of ether oxygens (including phenoxy) is 1. The molecular weight excluding hydrogens is 260 g/mol. The fraction of sp³-hybridized carbons (Fsp3) is 0.722. The Morgan fingerprint density at radius 3 is 2.95 bits per heavy atom. The fourth-order valence-corrected chi connectivity index (χ4v) is 4.01. The van der Waals surface area contributed by atoms with E-state index in [4.69, 9.17) is 9.72 Å². The molecule has 0 amide bonds. The summed E-state index contributed by atoms with van der Waals surface area (Å²) in [6.07, 6.45) is 9.19. The van der Waals surface area contributed by atoms with Crippen molar-refractivity contribution in [3.8, 4) is 0 Å². The smallest absolute Gasteiger partial charge is 0.0686 e. The van der Waals surface area contributed by atoms with Crippen LogP contribution in [0.2, 0.25) is 0 Å². The van der Waals surface area contributed by atoms with Crippen molar-refractivity contribution in [3.63, 3.8) is 0 Å². The maximum Gasteiger partial charge on any atom is 0.0686 e. The number of hydrogen-bond donors (Lipinski definition) is 1. The summed E-state index contributed by atoms with van der Waals surface area (Å²) >= 11 is 0. The van der Waals surface area contributed by atoms with E-state index >= 15 is 0 Å². The molecule has 3 heteroatoms. The quantitative estimate of drug-likeness (QED) is 0.898. The summed E-state index contributed by atoms with van der Waals surface area (Å²) in [5, 5.41) is 3.71. The van der Waals surface area contributed by atoms with Crippen LogP contribution in [0.3, 0.4) is 0 Å². The fourth-order valence-electron chi connectivity index (χ4n) is 4.01. The molecule has 1 aliphatic carbocycles. The highest BCUT2D eigenvalue weighted by Crippen LogP contribution is 2.47. The van der Waals surface area contributed by atoms with Gasteiger partial charge in [0.15, 0.2) is 0 Å². The predicted octanol–water partition coefficient (Wildman–Crippen LogP) is 3.64. The summed E-state index contributed by atoms with van der Waals surface area (Å²) in [6, 6.07) is 4.67. The van der Waals surface area contributed by atoms with Crippen LogP contribution in [0.4, 0.5) is 0 Å². The van der Waals surface area contributed by atoms with Gasteiger partial charge in [-0.05, 0) is 62.6 Å². The van der Waals surface area contributed by atoms with Gasteiger partial charge in [-0.25, -0.2) is 0 Å². The van der Waals surface area contributed by atoms with Gasteiger partial charge in [-0.2, -0.15) is 0 Å². The van der Waals surface area contributed by atoms with E-state index in [9.17, 15) is 0 Å². The highest BCUT2D eigenvalue weighted by molar-refractivity contribution is 5.24. The van der Waals surface area contributed by atoms with Crippen molar-refractivity contribution in [2.24, 2.45) is 5.92 Å². The molecule has 1 aliphatic heterocycles. The molecule has 21 heavy (non-hydrogen) atoms. The van der Waals surface area contributed by atoms with E-state index in [0.29, 0.717) is 12.0 Å². The summed E-state index contributed by atoms with van der Waals surface area (Å²) in [7, 11) is 0. The average molecular weight is 288 g/mol. The number of hydrogen-bond acceptors (Lipinski definition) is 3. The zero-order valence-corrected chi connectivity index (χ0v) is 13.4. The summed E-state index contributed by atoms with van der Waals surface area (Å²) in [5.41, 5.74) is 2.86. The number of pyridine rings is 1. The number of aryl methyl sites for hydroxylation is 1. The molecule has 2 atom stereocenters. The Kier molecular flexibility index (Phi) is 4.60. The lowest BCUT2D eigenvalue weighted by molar-refractivity contribution is -0.147. The normalized spacial score (nSPS) is 25.5. The molecule has 2 fully saturated rings.